The van der Waals surface area contributed by atoms with Crippen LogP contribution in [0.3, 0.4) is 0 Å². The number of nitrogens with one attached hydrogen (secondary N) is 1. The van der Waals surface area contributed by atoms with Crippen molar-refractivity contribution in [2.24, 2.45) is 0 Å². The average molecular weight is 246 g/mol. The topological polar surface area (TPSA) is 29.1 Å². The van der Waals surface area contributed by atoms with Crippen molar-refractivity contribution in [1.29, 1.82) is 0 Å². The maximum Gasteiger partial charge on any atom is 0.251 e. The zero-order valence-corrected chi connectivity index (χ0v) is 10.2. The number of hydrogen-bond acceptors (Lipinski definition) is 1. The molecule has 0 aromatic heterocycles. The minimum Gasteiger partial charge on any atom is -0.348 e. The Labute approximate surface area is 99.6 Å². The van der Waals surface area contributed by atoms with Crippen LogP contribution in [0.5, 0.6) is 0 Å². The Kier molecular flexibility index (Phi) is 4.43. The van der Waals surface area contributed by atoms with E-state index < -0.39 is 0 Å². The molecule has 0 spiro atoms. The van der Waals surface area contributed by atoms with Crippen LogP contribution in [0.25, 0.3) is 0 Å². The van der Waals surface area contributed by atoms with Crippen LogP contribution in [0.4, 0.5) is 0 Å². The molecule has 0 saturated heterocycles. The molecule has 1 aromatic rings. The van der Waals surface area contributed by atoms with Gasteiger partial charge in [-0.15, -0.1) is 11.6 Å². The fraction of sp³-hybridized carbons (Fsp3) is 0.364. The lowest BCUT2D eigenvalue weighted by molar-refractivity contribution is 0.0943. The Hall–Kier alpha value is -0.730. The summed E-state index contributed by atoms with van der Waals surface area (Å²) in [4.78, 5) is 11.7. The highest BCUT2D eigenvalue weighted by Crippen LogP contribution is 2.16. The molecule has 4 heteroatoms. The van der Waals surface area contributed by atoms with Crippen LogP contribution in [0.2, 0.25) is 5.02 Å². The van der Waals surface area contributed by atoms with E-state index in [2.05, 4.69) is 5.32 Å². The SMILES string of the molecule is Cc1cc(C(=O)NC(C)CCl)ccc1Cl. The van der Waals surface area contributed by atoms with E-state index in [0.29, 0.717) is 16.5 Å². The van der Waals surface area contributed by atoms with Crippen molar-refractivity contribution in [2.75, 3.05) is 5.88 Å². The van der Waals surface area contributed by atoms with Gasteiger partial charge in [0.25, 0.3) is 5.91 Å². The van der Waals surface area contributed by atoms with Gasteiger partial charge in [0.2, 0.25) is 0 Å². The minimum absolute atomic E-state index is 0.0323. The largest absolute Gasteiger partial charge is 0.348 e. The van der Waals surface area contributed by atoms with Gasteiger partial charge >= 0.3 is 0 Å². The van der Waals surface area contributed by atoms with Gasteiger partial charge < -0.3 is 5.32 Å². The van der Waals surface area contributed by atoms with Crippen LogP contribution in [-0.4, -0.2) is 17.8 Å². The lowest BCUT2D eigenvalue weighted by Crippen LogP contribution is -2.33. The van der Waals surface area contributed by atoms with Crippen molar-refractivity contribution in [3.63, 3.8) is 0 Å². The molecule has 0 bridgehead atoms. The molecule has 82 valence electrons. The number of benzene rings is 1. The van der Waals surface area contributed by atoms with Gasteiger partial charge in [-0.05, 0) is 37.6 Å². The predicted molar refractivity (Wildman–Crippen MR) is 63.8 cm³/mol. The third-order valence-electron chi connectivity index (χ3n) is 2.03. The second kappa shape index (κ2) is 5.38. The Morgan fingerprint density at radius 3 is 2.73 bits per heavy atom. The molecule has 1 rings (SSSR count). The van der Waals surface area contributed by atoms with Crippen molar-refractivity contribution < 1.29 is 4.79 Å². The highest BCUT2D eigenvalue weighted by molar-refractivity contribution is 6.31. The number of rotatable bonds is 3. The zero-order valence-electron chi connectivity index (χ0n) is 8.68. The summed E-state index contributed by atoms with van der Waals surface area (Å²) in [6, 6.07) is 5.15. The van der Waals surface area contributed by atoms with Crippen molar-refractivity contribution in [1.82, 2.24) is 5.32 Å². The molecule has 1 atom stereocenters. The normalized spacial score (nSPS) is 12.3. The summed E-state index contributed by atoms with van der Waals surface area (Å²) in [7, 11) is 0. The van der Waals surface area contributed by atoms with E-state index >= 15 is 0 Å². The van der Waals surface area contributed by atoms with Gasteiger partial charge in [0.1, 0.15) is 0 Å². The number of carbonyl (C=O) groups excluding carboxylic acids is 1. The molecule has 1 aromatic carbocycles. The molecule has 1 N–H and O–H groups in total. The molecule has 1 amide bonds. The van der Waals surface area contributed by atoms with E-state index in [0.717, 1.165) is 5.56 Å². The summed E-state index contributed by atoms with van der Waals surface area (Å²) in [5.74, 6) is 0.279. The van der Waals surface area contributed by atoms with Crippen LogP contribution in [0, 0.1) is 6.92 Å². The van der Waals surface area contributed by atoms with Crippen LogP contribution in [-0.2, 0) is 0 Å². The van der Waals surface area contributed by atoms with Crippen LogP contribution >= 0.6 is 23.2 Å². The third kappa shape index (κ3) is 3.40. The number of carbonyl (C=O) groups is 1. The van der Waals surface area contributed by atoms with Crippen LogP contribution in [0.15, 0.2) is 18.2 Å². The Bertz CT molecular complexity index is 366. The van der Waals surface area contributed by atoms with Gasteiger partial charge in [-0.25, -0.2) is 0 Å². The molecule has 1 unspecified atom stereocenters. The lowest BCUT2D eigenvalue weighted by Gasteiger charge is -2.10. The van der Waals surface area contributed by atoms with Crippen molar-refractivity contribution in [3.05, 3.63) is 34.3 Å². The first-order valence-electron chi connectivity index (χ1n) is 4.67. The smallest absolute Gasteiger partial charge is 0.251 e. The van der Waals surface area contributed by atoms with E-state index in [4.69, 9.17) is 23.2 Å². The monoisotopic (exact) mass is 245 g/mol. The molecule has 0 aliphatic carbocycles. The van der Waals surface area contributed by atoms with E-state index in [1.165, 1.54) is 0 Å². The molecule has 0 fully saturated rings. The first kappa shape index (κ1) is 12.3. The summed E-state index contributed by atoms with van der Waals surface area (Å²) in [5.41, 5.74) is 1.50. The van der Waals surface area contributed by atoms with Gasteiger partial charge in [-0.1, -0.05) is 11.6 Å². The lowest BCUT2D eigenvalue weighted by atomic mass is 10.1. The fourth-order valence-electron chi connectivity index (χ4n) is 1.13. The van der Waals surface area contributed by atoms with Gasteiger partial charge in [0.05, 0.1) is 0 Å². The average Bonchev–Trinajstić information content (AvgIpc) is 2.21. The number of hydrogen-bond donors (Lipinski definition) is 1. The van der Waals surface area contributed by atoms with Crippen molar-refractivity contribution in [3.8, 4) is 0 Å². The van der Waals surface area contributed by atoms with Gasteiger partial charge in [0, 0.05) is 22.5 Å². The third-order valence-corrected chi connectivity index (χ3v) is 2.92. The molecule has 15 heavy (non-hydrogen) atoms. The van der Waals surface area contributed by atoms with Crippen molar-refractivity contribution >= 4 is 29.1 Å². The molecular weight excluding hydrogens is 233 g/mol. The summed E-state index contributed by atoms with van der Waals surface area (Å²) in [6.45, 7) is 3.72. The maximum absolute atomic E-state index is 11.7. The van der Waals surface area contributed by atoms with Crippen molar-refractivity contribution in [2.45, 2.75) is 19.9 Å². The minimum atomic E-state index is -0.122. The predicted octanol–water partition coefficient (Wildman–Crippen LogP) is 3.01. The van der Waals surface area contributed by atoms with Crippen LogP contribution in [0.1, 0.15) is 22.8 Å². The molecule has 0 heterocycles. The van der Waals surface area contributed by atoms with E-state index in [1.54, 1.807) is 18.2 Å². The number of amides is 1. The second-order valence-electron chi connectivity index (χ2n) is 3.49. The maximum atomic E-state index is 11.7. The summed E-state index contributed by atoms with van der Waals surface area (Å²) >= 11 is 11.5. The Balaban J connectivity index is 2.78. The zero-order chi connectivity index (χ0) is 11.4. The number of alkyl halides is 1. The van der Waals surface area contributed by atoms with Crippen LogP contribution < -0.4 is 5.32 Å². The molecule has 0 aliphatic heterocycles. The van der Waals surface area contributed by atoms with E-state index in [-0.39, 0.29) is 11.9 Å². The Morgan fingerprint density at radius 2 is 2.20 bits per heavy atom. The van der Waals surface area contributed by atoms with Gasteiger partial charge in [-0.2, -0.15) is 0 Å². The fourth-order valence-corrected chi connectivity index (χ4v) is 1.33. The second-order valence-corrected chi connectivity index (χ2v) is 4.21. The van der Waals surface area contributed by atoms with Gasteiger partial charge in [-0.3, -0.25) is 4.79 Å². The highest BCUT2D eigenvalue weighted by atomic mass is 35.5. The summed E-state index contributed by atoms with van der Waals surface area (Å²) in [5, 5.41) is 3.44. The molecule has 0 saturated carbocycles. The quantitative estimate of drug-likeness (QED) is 0.816. The number of aryl methyl sites for hydroxylation is 1. The first-order chi connectivity index (χ1) is 7.04. The number of halogens is 2. The first-order valence-corrected chi connectivity index (χ1v) is 5.59. The van der Waals surface area contributed by atoms with E-state index in [9.17, 15) is 4.79 Å². The molecular formula is C11H13Cl2NO. The highest BCUT2D eigenvalue weighted by Gasteiger charge is 2.09. The summed E-state index contributed by atoms with van der Waals surface area (Å²) < 4.78 is 0. The van der Waals surface area contributed by atoms with Gasteiger partial charge in [0.15, 0.2) is 0 Å². The molecule has 2 nitrogen and oxygen atoms in total. The summed E-state index contributed by atoms with van der Waals surface area (Å²) in [6.07, 6.45) is 0. The molecule has 0 aliphatic rings. The Morgan fingerprint density at radius 1 is 1.53 bits per heavy atom. The standard InChI is InChI=1S/C11H13Cl2NO/c1-7-5-9(3-4-10(7)13)11(15)14-8(2)6-12/h3-5,8H,6H2,1-2H3,(H,14,15). The molecule has 0 radical (unpaired) electrons. The van der Waals surface area contributed by atoms with E-state index in [1.807, 2.05) is 13.8 Å².